The lowest BCUT2D eigenvalue weighted by Gasteiger charge is -2.20. The fraction of sp³-hybridized carbons (Fsp3) is 0.517. The van der Waals surface area contributed by atoms with Crippen LogP contribution < -0.4 is 10.2 Å². The Morgan fingerprint density at radius 2 is 1.15 bits per heavy atom. The molecule has 2 rings (SSSR count). The van der Waals surface area contributed by atoms with E-state index in [0.29, 0.717) is 38.8 Å². The van der Waals surface area contributed by atoms with Crippen molar-refractivity contribution < 1.29 is 39.5 Å². The zero-order valence-corrected chi connectivity index (χ0v) is 25.4. The van der Waals surface area contributed by atoms with Gasteiger partial charge in [0.05, 0.1) is 40.6 Å². The molecule has 228 valence electrons. The second-order valence-electron chi connectivity index (χ2n) is 8.39. The van der Waals surface area contributed by atoms with Crippen LogP contribution in [0.25, 0.3) is 0 Å². The number of aliphatic hydroxyl groups is 4. The molecule has 0 aliphatic heterocycles. The molecular formula is C29H47IN2O8. The van der Waals surface area contributed by atoms with Crippen molar-refractivity contribution in [1.29, 1.82) is 0 Å². The van der Waals surface area contributed by atoms with Gasteiger partial charge in [0.2, 0.25) is 0 Å². The summed E-state index contributed by atoms with van der Waals surface area (Å²) in [6.45, 7) is 1.09. The highest BCUT2D eigenvalue weighted by Gasteiger charge is 2.07. The number of ether oxygens (including phenoxy) is 2. The number of halogens is 1. The van der Waals surface area contributed by atoms with E-state index in [2.05, 4.69) is 37.4 Å². The minimum atomic E-state index is -0.225. The first-order chi connectivity index (χ1) is 18.8. The molecule has 0 spiro atoms. The Kier molecular flexibility index (Phi) is 24.2. The number of benzene rings is 2. The van der Waals surface area contributed by atoms with E-state index in [1.54, 1.807) is 12.1 Å². The normalized spacial score (nSPS) is 9.62. The molecule has 0 atom stereocenters. The van der Waals surface area contributed by atoms with Crippen LogP contribution >= 0.6 is 22.6 Å². The fourth-order valence-corrected chi connectivity index (χ4v) is 3.45. The molecular weight excluding hydrogens is 631 g/mol. The molecule has 5 N–H and O–H groups in total. The number of hydrogen-bond acceptors (Lipinski definition) is 10. The summed E-state index contributed by atoms with van der Waals surface area (Å²) in [6, 6.07) is 10.9. The summed E-state index contributed by atoms with van der Waals surface area (Å²) in [6.07, 6.45) is 2.12. The van der Waals surface area contributed by atoms with Crippen LogP contribution in [-0.2, 0) is 45.5 Å². The van der Waals surface area contributed by atoms with Crippen LogP contribution in [0.2, 0.25) is 0 Å². The Balaban J connectivity index is 0. The predicted octanol–water partition coefficient (Wildman–Crippen LogP) is 3.78. The smallest absolute Gasteiger partial charge is 0.305 e. The van der Waals surface area contributed by atoms with E-state index in [-0.39, 0.29) is 45.8 Å². The third-order valence-electron chi connectivity index (χ3n) is 5.48. The number of nitrogens with zero attached hydrogens (tertiary/aromatic N) is 1. The van der Waals surface area contributed by atoms with Gasteiger partial charge in [0.15, 0.2) is 0 Å². The molecule has 0 aromatic heterocycles. The molecule has 0 fully saturated rings. The summed E-state index contributed by atoms with van der Waals surface area (Å²) >= 11 is 2.15. The number of hydrogen-bond donors (Lipinski definition) is 5. The average Bonchev–Trinajstić information content (AvgIpc) is 2.99. The van der Waals surface area contributed by atoms with Gasteiger partial charge in [-0.3, -0.25) is 9.59 Å². The molecule has 0 aliphatic rings. The average molecular weight is 679 g/mol. The number of methoxy groups -OCH3 is 2. The molecule has 0 bridgehead atoms. The third-order valence-corrected chi connectivity index (χ3v) is 5.48. The van der Waals surface area contributed by atoms with E-state index in [9.17, 15) is 19.8 Å². The van der Waals surface area contributed by atoms with E-state index >= 15 is 0 Å². The Morgan fingerprint density at radius 1 is 0.750 bits per heavy atom. The van der Waals surface area contributed by atoms with Crippen LogP contribution in [-0.4, -0.2) is 71.7 Å². The highest BCUT2D eigenvalue weighted by Crippen LogP contribution is 2.19. The number of carbonyl (C=O) groups is 2. The third kappa shape index (κ3) is 16.6. The minimum absolute atomic E-state index is 0. The van der Waals surface area contributed by atoms with Gasteiger partial charge in [0.1, 0.15) is 0 Å². The zero-order chi connectivity index (χ0) is 29.6. The summed E-state index contributed by atoms with van der Waals surface area (Å²) in [4.78, 5) is 25.9. The van der Waals surface area contributed by atoms with Gasteiger partial charge in [-0.2, -0.15) is 0 Å². The monoisotopic (exact) mass is 678 g/mol. The maximum atomic E-state index is 11.0. The van der Waals surface area contributed by atoms with E-state index in [0.717, 1.165) is 33.6 Å². The quantitative estimate of drug-likeness (QED) is 0.0866. The van der Waals surface area contributed by atoms with Gasteiger partial charge in [-0.1, -0.05) is 42.2 Å². The second-order valence-corrected chi connectivity index (χ2v) is 8.39. The number of anilines is 2. The van der Waals surface area contributed by atoms with Gasteiger partial charge < -0.3 is 40.1 Å². The molecule has 10 nitrogen and oxygen atoms in total. The molecule has 0 radical (unpaired) electrons. The molecule has 0 heterocycles. The summed E-state index contributed by atoms with van der Waals surface area (Å²) < 4.78 is 9.13. The summed E-state index contributed by atoms with van der Waals surface area (Å²) in [5, 5.41) is 39.7. The number of rotatable bonds is 14. The van der Waals surface area contributed by atoms with E-state index in [1.807, 2.05) is 41.1 Å². The lowest BCUT2D eigenvalue weighted by molar-refractivity contribution is -0.141. The van der Waals surface area contributed by atoms with Crippen molar-refractivity contribution in [3.63, 3.8) is 0 Å². The van der Waals surface area contributed by atoms with E-state index < -0.39 is 0 Å². The van der Waals surface area contributed by atoms with E-state index in [1.165, 1.54) is 14.2 Å². The van der Waals surface area contributed by atoms with Gasteiger partial charge in [0, 0.05) is 44.4 Å². The first-order valence-corrected chi connectivity index (χ1v) is 14.6. The highest BCUT2D eigenvalue weighted by molar-refractivity contribution is 14.1. The van der Waals surface area contributed by atoms with Crippen molar-refractivity contribution in [2.24, 2.45) is 0 Å². The van der Waals surface area contributed by atoms with Crippen LogP contribution in [0.15, 0.2) is 36.4 Å². The Labute approximate surface area is 252 Å². The summed E-state index contributed by atoms with van der Waals surface area (Å²) in [7, 11) is 4.66. The maximum absolute atomic E-state index is 11.0. The van der Waals surface area contributed by atoms with Crippen molar-refractivity contribution >= 4 is 45.9 Å². The molecule has 2 aromatic carbocycles. The Bertz CT molecular complexity index is 931. The minimum Gasteiger partial charge on any atom is -0.469 e. The second kappa shape index (κ2) is 24.4. The highest BCUT2D eigenvalue weighted by atomic mass is 127. The number of carbonyl (C=O) groups excluding carboxylic acids is 2. The molecule has 0 saturated carbocycles. The first-order valence-electron chi connectivity index (χ1n) is 12.5. The maximum Gasteiger partial charge on any atom is 0.305 e. The van der Waals surface area contributed by atoms with E-state index in [4.69, 9.17) is 10.2 Å². The van der Waals surface area contributed by atoms with Crippen LogP contribution in [0.5, 0.6) is 0 Å². The fourth-order valence-electron chi connectivity index (χ4n) is 3.45. The van der Waals surface area contributed by atoms with Crippen molar-refractivity contribution in [3.8, 4) is 0 Å². The van der Waals surface area contributed by atoms with Crippen molar-refractivity contribution in [2.75, 3.05) is 49.5 Å². The van der Waals surface area contributed by atoms with Crippen LogP contribution in [0.3, 0.4) is 0 Å². The molecule has 0 aliphatic carbocycles. The lowest BCUT2D eigenvalue weighted by Crippen LogP contribution is -2.20. The zero-order valence-electron chi connectivity index (χ0n) is 23.3. The molecule has 11 heteroatoms. The van der Waals surface area contributed by atoms with Gasteiger partial charge in [-0.05, 0) is 64.3 Å². The number of nitrogens with one attached hydrogen (secondary N) is 1. The number of alkyl halides is 1. The van der Waals surface area contributed by atoms with Crippen LogP contribution in [0, 0.1) is 0 Å². The van der Waals surface area contributed by atoms with Crippen LogP contribution in [0.1, 0.15) is 55.4 Å². The topological polar surface area (TPSA) is 149 Å². The lowest BCUT2D eigenvalue weighted by atomic mass is 10.1. The van der Waals surface area contributed by atoms with Gasteiger partial charge >= 0.3 is 11.9 Å². The van der Waals surface area contributed by atoms with Gasteiger partial charge in [-0.25, -0.2) is 0 Å². The van der Waals surface area contributed by atoms with Crippen molar-refractivity contribution in [1.82, 2.24) is 0 Å². The molecule has 2 aromatic rings. The van der Waals surface area contributed by atoms with Crippen LogP contribution in [0.4, 0.5) is 11.4 Å². The van der Waals surface area contributed by atoms with Crippen molar-refractivity contribution in [3.05, 3.63) is 58.7 Å². The van der Waals surface area contributed by atoms with Gasteiger partial charge in [-0.15, -0.1) is 0 Å². The molecule has 40 heavy (non-hydrogen) atoms. The molecule has 0 amide bonds. The van der Waals surface area contributed by atoms with Crippen molar-refractivity contribution in [2.45, 2.75) is 59.5 Å². The summed E-state index contributed by atoms with van der Waals surface area (Å²) in [5.41, 5.74) is 4.77. The summed E-state index contributed by atoms with van der Waals surface area (Å²) in [5.74, 6) is -0.439. The largest absolute Gasteiger partial charge is 0.469 e. The SMILES string of the molecule is C.CI.COC(=O)CCCN(C)c1cc(CO)cc(CO)c1.COC(=O)CCCNc1cc(CO)cc(CO)c1. The first kappa shape index (κ1) is 39.7. The molecule has 0 saturated heterocycles. The number of aliphatic hydroxyl groups excluding tert-OH is 4. The Morgan fingerprint density at radius 3 is 1.55 bits per heavy atom. The Hall–Kier alpha value is -2.45. The van der Waals surface area contributed by atoms with Gasteiger partial charge in [0.25, 0.3) is 0 Å². The predicted molar refractivity (Wildman–Crippen MR) is 168 cm³/mol. The standard InChI is InChI=1S/C14H21NO4.C13H19NO4.CH3I.CH4/c1-15(5-3-4-14(18)19-2)13-7-11(9-16)6-12(8-13)10-17;1-18-13(17)3-2-4-14-12-6-10(8-15)5-11(7-12)9-16;1-2;/h6-8,16-17H,3-5,9-10H2,1-2H3;5-7,14-16H,2-4,8-9H2,1H3;1H3;1H4. The molecule has 0 unspecified atom stereocenters. The number of esters is 2.